The van der Waals surface area contributed by atoms with Gasteiger partial charge < -0.3 is 5.32 Å². The molecule has 6 heavy (non-hydrogen) atoms. The monoisotopic (exact) mass is 103 g/mol. The molecule has 1 nitrogen and oxygen atoms in total. The van der Waals surface area contributed by atoms with Crippen LogP contribution in [0.15, 0.2) is 0 Å². The van der Waals surface area contributed by atoms with Gasteiger partial charge in [-0.05, 0) is 18.6 Å². The van der Waals surface area contributed by atoms with Gasteiger partial charge in [-0.25, -0.2) is 0 Å². The lowest BCUT2D eigenvalue weighted by molar-refractivity contribution is 0.858. The Hall–Kier alpha value is 0.390. The Morgan fingerprint density at radius 2 is 2.50 bits per heavy atom. The lowest BCUT2D eigenvalue weighted by Gasteiger charge is -1.90. The average molecular weight is 103 g/mol. The average Bonchev–Trinajstić information content (AvgIpc) is 1.86. The Kier molecular flexibility index (Phi) is 1.44. The number of rotatable bonds is 0. The van der Waals surface area contributed by atoms with Crippen LogP contribution in [0, 0.1) is 0 Å². The van der Waals surface area contributed by atoms with Crippen molar-refractivity contribution in [1.29, 1.82) is 0 Å². The first-order valence-corrected chi connectivity index (χ1v) is 3.02. The van der Waals surface area contributed by atoms with Gasteiger partial charge in [-0.3, -0.25) is 0 Å². The molecule has 0 aromatic heterocycles. The van der Waals surface area contributed by atoms with E-state index in [9.17, 15) is 0 Å². The molecule has 0 bridgehead atoms. The maximum atomic E-state index is 3.25. The summed E-state index contributed by atoms with van der Waals surface area (Å²) in [5.41, 5.74) is 0.852. The molecule has 1 heterocycles. The second-order valence-corrected chi connectivity index (χ2v) is 2.70. The molecule has 1 rings (SSSR count). The molecule has 1 saturated heterocycles. The Morgan fingerprint density at radius 1 is 1.67 bits per heavy atom. The minimum absolute atomic E-state index is 0.852. The summed E-state index contributed by atoms with van der Waals surface area (Å²) in [7, 11) is 2.81. The molecular weight excluding hydrogens is 93.0 g/mol. The molecule has 0 aliphatic carbocycles. The van der Waals surface area contributed by atoms with Crippen molar-refractivity contribution in [2.24, 2.45) is 0 Å². The minimum atomic E-state index is 0.852. The lowest BCUT2D eigenvalue weighted by atomic mass is 10.4. The Labute approximate surface area is 40.7 Å². The van der Waals surface area contributed by atoms with Crippen LogP contribution >= 0.6 is 9.24 Å². The third kappa shape index (κ3) is 0.924. The van der Waals surface area contributed by atoms with Crippen LogP contribution in [0.5, 0.6) is 0 Å². The zero-order chi connectivity index (χ0) is 4.41. The van der Waals surface area contributed by atoms with Crippen LogP contribution in [-0.4, -0.2) is 18.7 Å². The van der Waals surface area contributed by atoms with Gasteiger partial charge >= 0.3 is 0 Å². The van der Waals surface area contributed by atoms with E-state index >= 15 is 0 Å². The first kappa shape index (κ1) is 4.55. The van der Waals surface area contributed by atoms with Crippen molar-refractivity contribution in [3.63, 3.8) is 0 Å². The second kappa shape index (κ2) is 1.90. The van der Waals surface area contributed by atoms with Crippen LogP contribution in [0.1, 0.15) is 6.42 Å². The van der Waals surface area contributed by atoms with Crippen LogP contribution in [0.4, 0.5) is 0 Å². The predicted molar refractivity (Wildman–Crippen MR) is 31.0 cm³/mol. The van der Waals surface area contributed by atoms with Crippen molar-refractivity contribution < 1.29 is 0 Å². The zero-order valence-corrected chi connectivity index (χ0v) is 4.93. The summed E-state index contributed by atoms with van der Waals surface area (Å²) in [6.45, 7) is 2.42. The molecule has 0 amide bonds. The van der Waals surface area contributed by atoms with Gasteiger partial charge in [-0.1, -0.05) is 0 Å². The predicted octanol–water partition coefficient (Wildman–Crippen LogP) is 0.223. The highest BCUT2D eigenvalue weighted by molar-refractivity contribution is 7.17. The SMILES string of the molecule is P[C@H]1CCNC1. The number of hydrogen-bond donors (Lipinski definition) is 1. The highest BCUT2D eigenvalue weighted by Crippen LogP contribution is 2.06. The standard InChI is InChI=1S/C4H10NP/c6-4-1-2-5-3-4/h4-5H,1-3,6H2/t4-/m0/s1. The summed E-state index contributed by atoms with van der Waals surface area (Å²) >= 11 is 0. The fourth-order valence-corrected chi connectivity index (χ4v) is 1.01. The van der Waals surface area contributed by atoms with Crippen LogP contribution in [0.3, 0.4) is 0 Å². The Bertz CT molecular complexity index is 40.8. The zero-order valence-electron chi connectivity index (χ0n) is 3.78. The van der Waals surface area contributed by atoms with E-state index in [1.54, 1.807) is 0 Å². The minimum Gasteiger partial charge on any atom is -0.316 e. The van der Waals surface area contributed by atoms with Crippen molar-refractivity contribution >= 4 is 9.24 Å². The molecule has 0 saturated carbocycles. The molecule has 1 fully saturated rings. The highest BCUT2D eigenvalue weighted by Gasteiger charge is 2.06. The summed E-state index contributed by atoms with van der Waals surface area (Å²) in [6, 6.07) is 0. The van der Waals surface area contributed by atoms with Crippen molar-refractivity contribution in [1.82, 2.24) is 5.32 Å². The maximum Gasteiger partial charge on any atom is 0.00146 e. The van der Waals surface area contributed by atoms with Crippen molar-refractivity contribution in [3.05, 3.63) is 0 Å². The van der Waals surface area contributed by atoms with Crippen LogP contribution in [0.25, 0.3) is 0 Å². The Balaban J connectivity index is 2.18. The summed E-state index contributed by atoms with van der Waals surface area (Å²) in [6.07, 6.45) is 1.34. The van der Waals surface area contributed by atoms with Crippen LogP contribution < -0.4 is 5.32 Å². The molecule has 2 atom stereocenters. The number of hydrogen-bond acceptors (Lipinski definition) is 1. The molecule has 36 valence electrons. The third-order valence-electron chi connectivity index (χ3n) is 1.10. The number of nitrogens with one attached hydrogen (secondary N) is 1. The van der Waals surface area contributed by atoms with Gasteiger partial charge in [0.2, 0.25) is 0 Å². The lowest BCUT2D eigenvalue weighted by Crippen LogP contribution is -2.07. The van der Waals surface area contributed by atoms with Crippen molar-refractivity contribution in [3.8, 4) is 0 Å². The smallest absolute Gasteiger partial charge is 0.00146 e. The molecule has 1 N–H and O–H groups in total. The van der Waals surface area contributed by atoms with Gasteiger partial charge in [0.1, 0.15) is 0 Å². The summed E-state index contributed by atoms with van der Waals surface area (Å²) in [5, 5.41) is 3.25. The summed E-state index contributed by atoms with van der Waals surface area (Å²) in [4.78, 5) is 0. The normalized spacial score (nSPS) is 34.5. The molecule has 1 aliphatic heterocycles. The quantitative estimate of drug-likeness (QED) is 0.432. The molecular formula is C4H10NP. The van der Waals surface area contributed by atoms with E-state index in [-0.39, 0.29) is 0 Å². The van der Waals surface area contributed by atoms with Gasteiger partial charge in [-0.15, -0.1) is 9.24 Å². The summed E-state index contributed by atoms with van der Waals surface area (Å²) < 4.78 is 0. The van der Waals surface area contributed by atoms with E-state index < -0.39 is 0 Å². The molecule has 2 heteroatoms. The second-order valence-electron chi connectivity index (χ2n) is 1.75. The molecule has 0 aromatic carbocycles. The van der Waals surface area contributed by atoms with E-state index in [2.05, 4.69) is 14.6 Å². The van der Waals surface area contributed by atoms with Crippen LogP contribution in [0.2, 0.25) is 0 Å². The first-order valence-electron chi connectivity index (χ1n) is 2.36. The van der Waals surface area contributed by atoms with E-state index in [1.807, 2.05) is 0 Å². The summed E-state index contributed by atoms with van der Waals surface area (Å²) in [5.74, 6) is 0. The topological polar surface area (TPSA) is 12.0 Å². The van der Waals surface area contributed by atoms with Crippen molar-refractivity contribution in [2.45, 2.75) is 12.1 Å². The molecule has 0 aromatic rings. The van der Waals surface area contributed by atoms with Crippen LogP contribution in [-0.2, 0) is 0 Å². The van der Waals surface area contributed by atoms with E-state index in [1.165, 1.54) is 19.5 Å². The fraction of sp³-hybridized carbons (Fsp3) is 1.00. The van der Waals surface area contributed by atoms with Gasteiger partial charge in [-0.2, -0.15) is 0 Å². The maximum absolute atomic E-state index is 3.25. The third-order valence-corrected chi connectivity index (χ3v) is 1.67. The fourth-order valence-electron chi connectivity index (χ4n) is 0.677. The van der Waals surface area contributed by atoms with Gasteiger partial charge in [0.15, 0.2) is 0 Å². The molecule has 1 aliphatic rings. The molecule has 0 radical (unpaired) electrons. The first-order chi connectivity index (χ1) is 2.89. The van der Waals surface area contributed by atoms with E-state index in [0.717, 1.165) is 5.66 Å². The van der Waals surface area contributed by atoms with E-state index in [4.69, 9.17) is 0 Å². The van der Waals surface area contributed by atoms with Crippen molar-refractivity contribution in [2.75, 3.05) is 13.1 Å². The highest BCUT2D eigenvalue weighted by atomic mass is 31.0. The van der Waals surface area contributed by atoms with E-state index in [0.29, 0.717) is 0 Å². The largest absolute Gasteiger partial charge is 0.316 e. The van der Waals surface area contributed by atoms with Gasteiger partial charge in [0.05, 0.1) is 0 Å². The van der Waals surface area contributed by atoms with Gasteiger partial charge in [0.25, 0.3) is 0 Å². The molecule has 0 spiro atoms. The Morgan fingerprint density at radius 3 is 2.67 bits per heavy atom. The molecule has 1 unspecified atom stereocenters. The van der Waals surface area contributed by atoms with Gasteiger partial charge in [0, 0.05) is 6.54 Å².